The van der Waals surface area contributed by atoms with Crippen molar-refractivity contribution < 1.29 is 17.9 Å². The number of sulfone groups is 1. The summed E-state index contributed by atoms with van der Waals surface area (Å²) in [6.45, 7) is 1.62. The van der Waals surface area contributed by atoms with E-state index in [-0.39, 0.29) is 22.7 Å². The molecular formula is C25H21ClN4O5S. The Bertz CT molecular complexity index is 1710. The number of carbonyl (C=O) groups is 1. The highest BCUT2D eigenvalue weighted by Crippen LogP contribution is 2.40. The molecule has 9 nitrogen and oxygen atoms in total. The van der Waals surface area contributed by atoms with E-state index in [1.54, 1.807) is 25.4 Å². The Balaban J connectivity index is 2.00. The van der Waals surface area contributed by atoms with Crippen molar-refractivity contribution >= 4 is 38.2 Å². The topological polar surface area (TPSA) is 134 Å². The first kappa shape index (κ1) is 25.0. The van der Waals surface area contributed by atoms with E-state index in [1.165, 1.54) is 28.8 Å². The summed E-state index contributed by atoms with van der Waals surface area (Å²) in [5.74, 6) is 0.142. The van der Waals surface area contributed by atoms with Crippen LogP contribution in [0.5, 0.6) is 11.5 Å². The number of aryl methyl sites for hydroxylation is 2. The minimum atomic E-state index is -3.58. The van der Waals surface area contributed by atoms with Crippen LogP contribution in [0.15, 0.2) is 58.4 Å². The number of benzene rings is 2. The summed E-state index contributed by atoms with van der Waals surface area (Å²) in [5.41, 5.74) is 1.42. The molecule has 1 amide bonds. The molecule has 0 saturated heterocycles. The summed E-state index contributed by atoms with van der Waals surface area (Å²) in [4.78, 5) is 28.2. The first-order valence-electron chi connectivity index (χ1n) is 10.7. The van der Waals surface area contributed by atoms with Gasteiger partial charge in [-0.3, -0.25) is 9.59 Å². The van der Waals surface area contributed by atoms with Crippen LogP contribution in [0.3, 0.4) is 0 Å². The highest BCUT2D eigenvalue weighted by molar-refractivity contribution is 7.90. The van der Waals surface area contributed by atoms with Crippen LogP contribution in [0.1, 0.15) is 16.1 Å². The van der Waals surface area contributed by atoms with E-state index in [2.05, 4.69) is 10.3 Å². The summed E-state index contributed by atoms with van der Waals surface area (Å²) in [6.07, 6.45) is 2.64. The molecule has 2 N–H and O–H groups in total. The van der Waals surface area contributed by atoms with Crippen molar-refractivity contribution in [2.24, 2.45) is 7.05 Å². The van der Waals surface area contributed by atoms with Crippen LogP contribution in [-0.2, 0) is 16.9 Å². The van der Waals surface area contributed by atoms with Gasteiger partial charge in [-0.25, -0.2) is 8.42 Å². The predicted molar refractivity (Wildman–Crippen MR) is 136 cm³/mol. The average molecular weight is 525 g/mol. The Morgan fingerprint density at radius 2 is 1.97 bits per heavy atom. The Labute approximate surface area is 211 Å². The van der Waals surface area contributed by atoms with Crippen LogP contribution in [-0.4, -0.2) is 36.7 Å². The van der Waals surface area contributed by atoms with Gasteiger partial charge in [0.2, 0.25) is 0 Å². The fourth-order valence-corrected chi connectivity index (χ4v) is 4.69. The molecule has 4 rings (SSSR count). The Morgan fingerprint density at radius 3 is 2.64 bits per heavy atom. The Morgan fingerprint density at radius 1 is 1.22 bits per heavy atom. The number of fused-ring (bicyclic) bond motifs is 1. The molecule has 11 heteroatoms. The number of nitriles is 1. The van der Waals surface area contributed by atoms with Gasteiger partial charge in [0, 0.05) is 36.0 Å². The molecule has 0 aliphatic heterocycles. The van der Waals surface area contributed by atoms with Crippen molar-refractivity contribution in [3.8, 4) is 28.7 Å². The van der Waals surface area contributed by atoms with Crippen LogP contribution in [0.2, 0.25) is 5.02 Å². The predicted octanol–water partition coefficient (Wildman–Crippen LogP) is 3.94. The number of H-pyrrole nitrogens is 1. The van der Waals surface area contributed by atoms with Crippen molar-refractivity contribution in [2.75, 3.05) is 12.8 Å². The van der Waals surface area contributed by atoms with Gasteiger partial charge in [0.1, 0.15) is 29.3 Å². The number of aromatic amines is 1. The van der Waals surface area contributed by atoms with Gasteiger partial charge in [-0.15, -0.1) is 0 Å². The molecule has 2 aromatic carbocycles. The maximum Gasteiger partial charge on any atom is 0.274 e. The molecule has 0 radical (unpaired) electrons. The van der Waals surface area contributed by atoms with Gasteiger partial charge in [0.05, 0.1) is 16.0 Å². The second-order valence-corrected chi connectivity index (χ2v) is 10.6. The monoisotopic (exact) mass is 524 g/mol. The van der Waals surface area contributed by atoms with Gasteiger partial charge in [-0.2, -0.15) is 5.26 Å². The summed E-state index contributed by atoms with van der Waals surface area (Å²) < 4.78 is 32.2. The van der Waals surface area contributed by atoms with Gasteiger partial charge in [-0.1, -0.05) is 23.7 Å². The molecule has 0 aliphatic rings. The molecule has 2 aromatic heterocycles. The van der Waals surface area contributed by atoms with E-state index < -0.39 is 21.3 Å². The summed E-state index contributed by atoms with van der Waals surface area (Å²) in [5, 5.41) is 11.9. The van der Waals surface area contributed by atoms with Crippen molar-refractivity contribution in [1.29, 1.82) is 5.26 Å². The molecule has 0 spiro atoms. The summed E-state index contributed by atoms with van der Waals surface area (Å²) >= 11 is 6.36. The lowest BCUT2D eigenvalue weighted by molar-refractivity contribution is 0.0954. The second-order valence-electron chi connectivity index (χ2n) is 8.19. The Hall–Kier alpha value is -4.07. The van der Waals surface area contributed by atoms with E-state index >= 15 is 0 Å². The number of para-hydroxylation sites is 1. The number of hydrogen-bond acceptors (Lipinski definition) is 6. The lowest BCUT2D eigenvalue weighted by Gasteiger charge is -2.16. The standard InChI is InChI=1S/C25H21ClN4O5S/c1-14-5-4-6-19(26)23(14)35-21-8-7-15(36(3,33)34)11-16(21)18-13-30(2)25(32)22-17(18)12-20(29-22)24(31)28-10-9-27/h4-8,11-13,29H,10H2,1-3H3,(H,28,31). The van der Waals surface area contributed by atoms with E-state index in [0.717, 1.165) is 11.8 Å². The van der Waals surface area contributed by atoms with Gasteiger partial charge in [0.25, 0.3) is 11.5 Å². The highest BCUT2D eigenvalue weighted by atomic mass is 35.5. The molecule has 0 fully saturated rings. The van der Waals surface area contributed by atoms with Gasteiger partial charge >= 0.3 is 0 Å². The SMILES string of the molecule is Cc1cccc(Cl)c1Oc1ccc(S(C)(=O)=O)cc1-c1cn(C)c(=O)c2[nH]c(C(=O)NCC#N)cc12. The molecule has 0 atom stereocenters. The zero-order valence-electron chi connectivity index (χ0n) is 19.5. The highest BCUT2D eigenvalue weighted by Gasteiger charge is 2.21. The van der Waals surface area contributed by atoms with Crippen LogP contribution in [0.25, 0.3) is 22.0 Å². The van der Waals surface area contributed by atoms with Gasteiger partial charge in [0.15, 0.2) is 9.84 Å². The third kappa shape index (κ3) is 4.71. The second kappa shape index (κ2) is 9.53. The smallest absolute Gasteiger partial charge is 0.274 e. The molecule has 4 aromatic rings. The third-order valence-electron chi connectivity index (χ3n) is 5.58. The third-order valence-corrected chi connectivity index (χ3v) is 6.99. The maximum absolute atomic E-state index is 12.9. The van der Waals surface area contributed by atoms with E-state index in [4.69, 9.17) is 21.6 Å². The van der Waals surface area contributed by atoms with Crippen LogP contribution in [0.4, 0.5) is 0 Å². The number of rotatable bonds is 6. The van der Waals surface area contributed by atoms with Gasteiger partial charge < -0.3 is 19.6 Å². The lowest BCUT2D eigenvalue weighted by atomic mass is 10.0. The van der Waals surface area contributed by atoms with Crippen LogP contribution >= 0.6 is 11.6 Å². The number of aromatic nitrogens is 2. The number of pyridine rings is 1. The van der Waals surface area contributed by atoms with Gasteiger partial charge in [-0.05, 0) is 42.8 Å². The first-order chi connectivity index (χ1) is 17.0. The number of carbonyl (C=O) groups excluding carboxylic acids is 1. The van der Waals surface area contributed by atoms with Crippen molar-refractivity contribution in [3.05, 3.63) is 75.3 Å². The minimum Gasteiger partial charge on any atom is -0.455 e. The number of amides is 1. The van der Waals surface area contributed by atoms with E-state index in [9.17, 15) is 18.0 Å². The zero-order valence-corrected chi connectivity index (χ0v) is 21.1. The molecule has 0 saturated carbocycles. The molecular weight excluding hydrogens is 504 g/mol. The van der Waals surface area contributed by atoms with E-state index in [0.29, 0.717) is 33.0 Å². The van der Waals surface area contributed by atoms with Crippen LogP contribution < -0.4 is 15.6 Å². The lowest BCUT2D eigenvalue weighted by Crippen LogP contribution is -2.24. The minimum absolute atomic E-state index is 0.0465. The number of halogens is 1. The summed E-state index contributed by atoms with van der Waals surface area (Å²) in [7, 11) is -2.04. The quantitative estimate of drug-likeness (QED) is 0.367. The molecule has 184 valence electrons. The van der Waals surface area contributed by atoms with E-state index in [1.807, 2.05) is 19.1 Å². The fourth-order valence-electron chi connectivity index (χ4n) is 3.78. The number of nitrogens with zero attached hydrogens (tertiary/aromatic N) is 2. The molecule has 0 aliphatic carbocycles. The summed E-state index contributed by atoms with van der Waals surface area (Å²) in [6, 6.07) is 13.0. The average Bonchev–Trinajstić information content (AvgIpc) is 3.28. The maximum atomic E-state index is 12.9. The van der Waals surface area contributed by atoms with Crippen molar-refractivity contribution in [3.63, 3.8) is 0 Å². The zero-order chi connectivity index (χ0) is 26.2. The largest absolute Gasteiger partial charge is 0.455 e. The Kier molecular flexibility index (Phi) is 6.63. The van der Waals surface area contributed by atoms with Crippen LogP contribution in [0, 0.1) is 18.3 Å². The first-order valence-corrected chi connectivity index (χ1v) is 12.9. The molecule has 2 heterocycles. The normalized spacial score (nSPS) is 11.3. The molecule has 36 heavy (non-hydrogen) atoms. The fraction of sp³-hybridized carbons (Fsp3) is 0.160. The van der Waals surface area contributed by atoms with Crippen molar-refractivity contribution in [1.82, 2.24) is 14.9 Å². The molecule has 0 bridgehead atoms. The molecule has 0 unspecified atom stereocenters. The number of nitrogens with one attached hydrogen (secondary N) is 2. The number of hydrogen-bond donors (Lipinski definition) is 2. The number of ether oxygens (including phenoxy) is 1. The van der Waals surface area contributed by atoms with Crippen molar-refractivity contribution in [2.45, 2.75) is 11.8 Å².